The Morgan fingerprint density at radius 2 is 2.15 bits per heavy atom. The number of nitrogens with one attached hydrogen (secondary N) is 2. The minimum atomic E-state index is -0.336. The van der Waals surface area contributed by atoms with Crippen LogP contribution in [0.25, 0.3) is 10.9 Å². The topological polar surface area (TPSA) is 54.1 Å². The number of H-pyrrole nitrogens is 1. The van der Waals surface area contributed by atoms with Gasteiger partial charge >= 0.3 is 0 Å². The van der Waals surface area contributed by atoms with Gasteiger partial charge in [0.15, 0.2) is 0 Å². The van der Waals surface area contributed by atoms with E-state index in [2.05, 4.69) is 29.4 Å². The van der Waals surface area contributed by atoms with Crippen LogP contribution in [0.5, 0.6) is 0 Å². The zero-order chi connectivity index (χ0) is 14.2. The highest BCUT2D eigenvalue weighted by Gasteiger charge is 2.53. The van der Waals surface area contributed by atoms with Crippen molar-refractivity contribution in [3.8, 4) is 0 Å². The molecule has 1 aromatic carbocycles. The van der Waals surface area contributed by atoms with E-state index in [0.29, 0.717) is 13.2 Å². The van der Waals surface area contributed by atoms with E-state index >= 15 is 0 Å². The molecule has 1 amide bonds. The number of hydrogen-bond acceptors (Lipinski definition) is 2. The van der Waals surface area contributed by atoms with Gasteiger partial charge in [-0.25, -0.2) is 0 Å². The Morgan fingerprint density at radius 3 is 2.85 bits per heavy atom. The molecule has 0 aliphatic heterocycles. The number of hydrogen-bond donors (Lipinski definition) is 2. The van der Waals surface area contributed by atoms with Crippen molar-refractivity contribution in [1.82, 2.24) is 10.3 Å². The molecule has 2 aromatic rings. The molecule has 0 bridgehead atoms. The van der Waals surface area contributed by atoms with Crippen LogP contribution in [0, 0.1) is 6.92 Å². The highest BCUT2D eigenvalue weighted by Crippen LogP contribution is 2.51. The quantitative estimate of drug-likeness (QED) is 0.820. The second-order valence-electron chi connectivity index (χ2n) is 5.50. The molecule has 1 heterocycles. The fourth-order valence-electron chi connectivity index (χ4n) is 3.04. The van der Waals surface area contributed by atoms with Crippen LogP contribution in [0.1, 0.15) is 24.1 Å². The molecule has 1 aliphatic rings. The molecule has 0 unspecified atom stereocenters. The van der Waals surface area contributed by atoms with Gasteiger partial charge in [0.2, 0.25) is 5.91 Å². The Hall–Kier alpha value is -1.81. The Kier molecular flexibility index (Phi) is 3.26. The van der Waals surface area contributed by atoms with Crippen molar-refractivity contribution in [2.24, 2.45) is 0 Å². The van der Waals surface area contributed by atoms with Crippen molar-refractivity contribution in [3.63, 3.8) is 0 Å². The van der Waals surface area contributed by atoms with E-state index < -0.39 is 0 Å². The third-order valence-electron chi connectivity index (χ3n) is 4.15. The number of para-hydroxylation sites is 1. The van der Waals surface area contributed by atoms with Crippen molar-refractivity contribution in [1.29, 1.82) is 0 Å². The molecule has 1 aromatic heterocycles. The summed E-state index contributed by atoms with van der Waals surface area (Å²) in [5.41, 5.74) is 3.04. The standard InChI is InChI=1S/C16H20N2O2/c1-11-14(12-5-3-4-6-13(12)18-11)16(7-8-16)15(19)17-9-10-20-2/h3-6,18H,7-10H2,1-2H3,(H,17,19). The van der Waals surface area contributed by atoms with Gasteiger partial charge in [0.1, 0.15) is 0 Å². The molecule has 1 fully saturated rings. The molecule has 4 heteroatoms. The Balaban J connectivity index is 1.94. The van der Waals surface area contributed by atoms with Gasteiger partial charge in [0, 0.05) is 30.3 Å². The third kappa shape index (κ3) is 2.00. The van der Waals surface area contributed by atoms with Crippen LogP contribution in [-0.2, 0) is 14.9 Å². The van der Waals surface area contributed by atoms with Gasteiger partial charge in [0.05, 0.1) is 12.0 Å². The minimum absolute atomic E-state index is 0.127. The molecular weight excluding hydrogens is 252 g/mol. The number of fused-ring (bicyclic) bond motifs is 1. The second-order valence-corrected chi connectivity index (χ2v) is 5.50. The van der Waals surface area contributed by atoms with Crippen LogP contribution in [-0.4, -0.2) is 31.2 Å². The van der Waals surface area contributed by atoms with Crippen LogP contribution in [0.15, 0.2) is 24.3 Å². The summed E-state index contributed by atoms with van der Waals surface area (Å²) in [6, 6.07) is 8.19. The largest absolute Gasteiger partial charge is 0.383 e. The molecule has 0 atom stereocenters. The van der Waals surface area contributed by atoms with Gasteiger partial charge < -0.3 is 15.0 Å². The van der Waals surface area contributed by atoms with E-state index in [-0.39, 0.29) is 11.3 Å². The van der Waals surface area contributed by atoms with Crippen molar-refractivity contribution in [2.45, 2.75) is 25.2 Å². The van der Waals surface area contributed by atoms with Gasteiger partial charge in [-0.3, -0.25) is 4.79 Å². The predicted molar refractivity (Wildman–Crippen MR) is 78.8 cm³/mol. The van der Waals surface area contributed by atoms with Crippen LogP contribution in [0.3, 0.4) is 0 Å². The molecule has 4 nitrogen and oxygen atoms in total. The monoisotopic (exact) mass is 272 g/mol. The number of rotatable bonds is 5. The first-order valence-corrected chi connectivity index (χ1v) is 7.04. The maximum absolute atomic E-state index is 12.5. The number of aromatic nitrogens is 1. The van der Waals surface area contributed by atoms with E-state index in [1.165, 1.54) is 10.9 Å². The summed E-state index contributed by atoms with van der Waals surface area (Å²) in [6.07, 6.45) is 1.85. The van der Waals surface area contributed by atoms with E-state index in [4.69, 9.17) is 4.74 Å². The molecule has 1 aliphatic carbocycles. The number of methoxy groups -OCH3 is 1. The van der Waals surface area contributed by atoms with Crippen molar-refractivity contribution in [2.75, 3.05) is 20.3 Å². The summed E-state index contributed by atoms with van der Waals surface area (Å²) in [5.74, 6) is 0.127. The molecule has 0 spiro atoms. The highest BCUT2D eigenvalue weighted by molar-refractivity contribution is 5.98. The van der Waals surface area contributed by atoms with Crippen LogP contribution in [0.2, 0.25) is 0 Å². The lowest BCUT2D eigenvalue weighted by atomic mass is 9.92. The molecule has 0 saturated heterocycles. The van der Waals surface area contributed by atoms with E-state index in [0.717, 1.165) is 24.1 Å². The first kappa shape index (κ1) is 13.2. The van der Waals surface area contributed by atoms with Gasteiger partial charge in [0.25, 0.3) is 0 Å². The second kappa shape index (κ2) is 4.94. The maximum Gasteiger partial charge on any atom is 0.230 e. The average molecular weight is 272 g/mol. The number of ether oxygens (including phenoxy) is 1. The molecule has 2 N–H and O–H groups in total. The number of aromatic amines is 1. The number of benzene rings is 1. The fourth-order valence-corrected chi connectivity index (χ4v) is 3.04. The number of amides is 1. The summed E-state index contributed by atoms with van der Waals surface area (Å²) in [7, 11) is 1.64. The zero-order valence-corrected chi connectivity index (χ0v) is 12.0. The number of carbonyl (C=O) groups is 1. The van der Waals surface area contributed by atoms with Crippen molar-refractivity contribution < 1.29 is 9.53 Å². The van der Waals surface area contributed by atoms with E-state index in [1.807, 2.05) is 12.1 Å². The Morgan fingerprint density at radius 1 is 1.40 bits per heavy atom. The summed E-state index contributed by atoms with van der Waals surface area (Å²) in [5, 5.41) is 4.16. The smallest absolute Gasteiger partial charge is 0.230 e. The molecule has 1 saturated carbocycles. The van der Waals surface area contributed by atoms with E-state index in [1.54, 1.807) is 7.11 Å². The van der Waals surface area contributed by atoms with Crippen LogP contribution < -0.4 is 5.32 Å². The van der Waals surface area contributed by atoms with Crippen molar-refractivity contribution >= 4 is 16.8 Å². The van der Waals surface area contributed by atoms with Gasteiger partial charge in [-0.15, -0.1) is 0 Å². The molecule has 3 rings (SSSR count). The first-order valence-electron chi connectivity index (χ1n) is 7.04. The molecular formula is C16H20N2O2. The SMILES string of the molecule is COCCNC(=O)C1(c2c(C)[nH]c3ccccc23)CC1. The van der Waals surface area contributed by atoms with Gasteiger partial charge in [-0.05, 0) is 31.4 Å². The maximum atomic E-state index is 12.5. The van der Waals surface area contributed by atoms with Crippen LogP contribution >= 0.6 is 0 Å². The Labute approximate surface area is 118 Å². The molecule has 0 radical (unpaired) electrons. The third-order valence-corrected chi connectivity index (χ3v) is 4.15. The van der Waals surface area contributed by atoms with Gasteiger partial charge in [-0.1, -0.05) is 18.2 Å². The minimum Gasteiger partial charge on any atom is -0.383 e. The summed E-state index contributed by atoms with van der Waals surface area (Å²) < 4.78 is 4.99. The summed E-state index contributed by atoms with van der Waals surface area (Å²) in [4.78, 5) is 15.9. The fraction of sp³-hybridized carbons (Fsp3) is 0.438. The summed E-state index contributed by atoms with van der Waals surface area (Å²) >= 11 is 0. The molecule has 106 valence electrons. The lowest BCUT2D eigenvalue weighted by molar-refractivity contribution is -0.123. The Bertz CT molecular complexity index is 641. The predicted octanol–water partition coefficient (Wildman–Crippen LogP) is 2.27. The zero-order valence-electron chi connectivity index (χ0n) is 12.0. The highest BCUT2D eigenvalue weighted by atomic mass is 16.5. The number of carbonyl (C=O) groups excluding carboxylic acids is 1. The normalized spacial score (nSPS) is 16.3. The van der Waals surface area contributed by atoms with Gasteiger partial charge in [-0.2, -0.15) is 0 Å². The summed E-state index contributed by atoms with van der Waals surface area (Å²) in [6.45, 7) is 3.17. The lowest BCUT2D eigenvalue weighted by Crippen LogP contribution is -2.36. The average Bonchev–Trinajstić information content (AvgIpc) is 3.16. The number of aryl methyl sites for hydroxylation is 1. The lowest BCUT2D eigenvalue weighted by Gasteiger charge is -2.16. The molecule has 20 heavy (non-hydrogen) atoms. The van der Waals surface area contributed by atoms with Crippen molar-refractivity contribution in [3.05, 3.63) is 35.5 Å². The van der Waals surface area contributed by atoms with Crippen LogP contribution in [0.4, 0.5) is 0 Å². The first-order chi connectivity index (χ1) is 9.69. The van der Waals surface area contributed by atoms with E-state index in [9.17, 15) is 4.79 Å².